The number of rotatable bonds is 2. The van der Waals surface area contributed by atoms with Gasteiger partial charge in [0, 0.05) is 0 Å². The van der Waals surface area contributed by atoms with Crippen molar-refractivity contribution in [3.63, 3.8) is 0 Å². The molecule has 1 aliphatic carbocycles. The lowest BCUT2D eigenvalue weighted by Crippen LogP contribution is -2.26. The second kappa shape index (κ2) is 5.95. The van der Waals surface area contributed by atoms with Crippen molar-refractivity contribution in [1.29, 1.82) is 0 Å². The smallest absolute Gasteiger partial charge is 0.388 e. The van der Waals surface area contributed by atoms with Gasteiger partial charge in [-0.3, -0.25) is 0 Å². The van der Waals surface area contributed by atoms with Crippen LogP contribution in [-0.2, 0) is 6.18 Å². The van der Waals surface area contributed by atoms with E-state index in [9.17, 15) is 22.7 Å². The van der Waals surface area contributed by atoms with Crippen LogP contribution in [0, 0.1) is 23.6 Å². The molecule has 1 saturated carbocycles. The molecular weight excluding hydrogens is 284 g/mol. The minimum Gasteiger partial charge on any atom is -0.388 e. The third-order valence-corrected chi connectivity index (χ3v) is 4.30. The fraction of sp³-hybridized carbons (Fsp3) is 0.625. The number of aliphatic hydroxyl groups is 1. The standard InChI is InChI=1S/C16H20F4O/c1-9-5-10(2)7-11(6-9)15(21)13-4-3-12(17)8-14(13)16(18,19)20/h3-4,8-11,15,21H,5-7H2,1-2H3. The Bertz CT molecular complexity index is 488. The van der Waals surface area contributed by atoms with Gasteiger partial charge in [0.05, 0.1) is 11.7 Å². The predicted molar refractivity (Wildman–Crippen MR) is 72.0 cm³/mol. The summed E-state index contributed by atoms with van der Waals surface area (Å²) >= 11 is 0. The van der Waals surface area contributed by atoms with Gasteiger partial charge in [0.25, 0.3) is 0 Å². The molecule has 1 fully saturated rings. The first-order chi connectivity index (χ1) is 9.68. The molecule has 21 heavy (non-hydrogen) atoms. The second-order valence-electron chi connectivity index (χ2n) is 6.35. The van der Waals surface area contributed by atoms with Gasteiger partial charge in [-0.1, -0.05) is 19.9 Å². The Balaban J connectivity index is 2.32. The zero-order valence-electron chi connectivity index (χ0n) is 12.1. The topological polar surface area (TPSA) is 20.2 Å². The molecule has 1 nitrogen and oxygen atoms in total. The van der Waals surface area contributed by atoms with Crippen LogP contribution in [0.3, 0.4) is 0 Å². The van der Waals surface area contributed by atoms with Gasteiger partial charge in [0.2, 0.25) is 0 Å². The molecule has 1 N–H and O–H groups in total. The summed E-state index contributed by atoms with van der Waals surface area (Å²) in [5.74, 6) is -0.398. The Morgan fingerprint density at radius 3 is 2.19 bits per heavy atom. The molecule has 0 spiro atoms. The Kier molecular flexibility index (Phi) is 4.61. The summed E-state index contributed by atoms with van der Waals surface area (Å²) in [6, 6.07) is 2.50. The molecule has 0 heterocycles. The minimum atomic E-state index is -4.66. The maximum absolute atomic E-state index is 13.1. The van der Waals surface area contributed by atoms with Crippen LogP contribution in [0.25, 0.3) is 0 Å². The number of halogens is 4. The van der Waals surface area contributed by atoms with Crippen molar-refractivity contribution in [3.05, 3.63) is 35.1 Å². The van der Waals surface area contributed by atoms with E-state index in [0.29, 0.717) is 30.7 Å². The van der Waals surface area contributed by atoms with Gasteiger partial charge < -0.3 is 5.11 Å². The molecular formula is C16H20F4O. The normalized spacial score (nSPS) is 28.4. The van der Waals surface area contributed by atoms with Gasteiger partial charge in [0.1, 0.15) is 5.82 Å². The van der Waals surface area contributed by atoms with Crippen molar-refractivity contribution in [1.82, 2.24) is 0 Å². The molecule has 5 heteroatoms. The third-order valence-electron chi connectivity index (χ3n) is 4.30. The number of hydrogen-bond acceptors (Lipinski definition) is 1. The Labute approximate surface area is 122 Å². The monoisotopic (exact) mass is 304 g/mol. The number of benzene rings is 1. The number of alkyl halides is 3. The van der Waals surface area contributed by atoms with Crippen molar-refractivity contribution in [3.8, 4) is 0 Å². The predicted octanol–water partition coefficient (Wildman–Crippen LogP) is 4.95. The summed E-state index contributed by atoms with van der Waals surface area (Å²) in [5.41, 5.74) is -1.28. The SMILES string of the molecule is CC1CC(C)CC(C(O)c2ccc(F)cc2C(F)(F)F)C1. The Morgan fingerprint density at radius 1 is 1.10 bits per heavy atom. The first-order valence-corrected chi connectivity index (χ1v) is 7.23. The average molecular weight is 304 g/mol. The minimum absolute atomic E-state index is 0.213. The number of hydrogen-bond donors (Lipinski definition) is 1. The maximum atomic E-state index is 13.1. The van der Waals surface area contributed by atoms with E-state index in [4.69, 9.17) is 0 Å². The van der Waals surface area contributed by atoms with Crippen LogP contribution in [0.2, 0.25) is 0 Å². The highest BCUT2D eigenvalue weighted by Crippen LogP contribution is 2.43. The lowest BCUT2D eigenvalue weighted by Gasteiger charge is -2.35. The van der Waals surface area contributed by atoms with E-state index >= 15 is 0 Å². The Morgan fingerprint density at radius 2 is 1.67 bits per heavy atom. The van der Waals surface area contributed by atoms with Gasteiger partial charge >= 0.3 is 6.18 Å². The van der Waals surface area contributed by atoms with E-state index in [1.165, 1.54) is 0 Å². The van der Waals surface area contributed by atoms with E-state index in [1.807, 2.05) is 13.8 Å². The maximum Gasteiger partial charge on any atom is 0.416 e. The average Bonchev–Trinajstić information content (AvgIpc) is 2.35. The fourth-order valence-corrected chi connectivity index (χ4v) is 3.55. The van der Waals surface area contributed by atoms with Gasteiger partial charge in [-0.2, -0.15) is 13.2 Å². The molecule has 1 aromatic carbocycles. The summed E-state index contributed by atoms with van der Waals surface area (Å²) in [7, 11) is 0. The highest BCUT2D eigenvalue weighted by atomic mass is 19.4. The number of aliphatic hydroxyl groups excluding tert-OH is 1. The summed E-state index contributed by atoms with van der Waals surface area (Å²) in [5, 5.41) is 10.4. The van der Waals surface area contributed by atoms with Gasteiger partial charge in [-0.25, -0.2) is 4.39 Å². The molecule has 0 aromatic heterocycles. The van der Waals surface area contributed by atoms with Crippen LogP contribution in [0.15, 0.2) is 18.2 Å². The zero-order valence-corrected chi connectivity index (χ0v) is 12.1. The lowest BCUT2D eigenvalue weighted by molar-refractivity contribution is -0.139. The second-order valence-corrected chi connectivity index (χ2v) is 6.35. The van der Waals surface area contributed by atoms with Crippen LogP contribution in [-0.4, -0.2) is 5.11 Å². The highest BCUT2D eigenvalue weighted by Gasteiger charge is 2.38. The molecule has 0 saturated heterocycles. The molecule has 0 aliphatic heterocycles. The molecule has 0 bridgehead atoms. The lowest BCUT2D eigenvalue weighted by atomic mass is 9.73. The van der Waals surface area contributed by atoms with E-state index < -0.39 is 23.7 Å². The van der Waals surface area contributed by atoms with Crippen molar-refractivity contribution in [2.24, 2.45) is 17.8 Å². The molecule has 1 aliphatic rings. The van der Waals surface area contributed by atoms with E-state index in [-0.39, 0.29) is 11.5 Å². The molecule has 3 unspecified atom stereocenters. The highest BCUT2D eigenvalue weighted by molar-refractivity contribution is 5.32. The molecule has 0 amide bonds. The Hall–Kier alpha value is -1.10. The van der Waals surface area contributed by atoms with Crippen molar-refractivity contribution in [2.75, 3.05) is 0 Å². The largest absolute Gasteiger partial charge is 0.416 e. The summed E-state index contributed by atoms with van der Waals surface area (Å²) in [6.45, 7) is 4.09. The van der Waals surface area contributed by atoms with Crippen LogP contribution >= 0.6 is 0 Å². The van der Waals surface area contributed by atoms with Gasteiger partial charge in [-0.15, -0.1) is 0 Å². The summed E-state index contributed by atoms with van der Waals surface area (Å²) in [6.07, 6.45) is -3.45. The summed E-state index contributed by atoms with van der Waals surface area (Å²) in [4.78, 5) is 0. The summed E-state index contributed by atoms with van der Waals surface area (Å²) < 4.78 is 52.2. The molecule has 0 radical (unpaired) electrons. The van der Waals surface area contributed by atoms with Crippen LogP contribution < -0.4 is 0 Å². The third kappa shape index (κ3) is 3.76. The van der Waals surface area contributed by atoms with Crippen LogP contribution in [0.1, 0.15) is 50.3 Å². The molecule has 118 valence electrons. The molecule has 2 rings (SSSR count). The van der Waals surface area contributed by atoms with Gasteiger partial charge in [-0.05, 0) is 54.7 Å². The van der Waals surface area contributed by atoms with Gasteiger partial charge in [0.15, 0.2) is 0 Å². The van der Waals surface area contributed by atoms with Crippen molar-refractivity contribution >= 4 is 0 Å². The first kappa shape index (κ1) is 16.3. The quantitative estimate of drug-likeness (QED) is 0.766. The van der Waals surface area contributed by atoms with Crippen LogP contribution in [0.5, 0.6) is 0 Å². The zero-order chi connectivity index (χ0) is 15.8. The molecule has 1 aromatic rings. The van der Waals surface area contributed by atoms with E-state index in [1.54, 1.807) is 0 Å². The fourth-order valence-electron chi connectivity index (χ4n) is 3.55. The van der Waals surface area contributed by atoms with Crippen molar-refractivity contribution < 1.29 is 22.7 Å². The van der Waals surface area contributed by atoms with Crippen LogP contribution in [0.4, 0.5) is 17.6 Å². The van der Waals surface area contributed by atoms with Crippen molar-refractivity contribution in [2.45, 2.75) is 45.4 Å². The van der Waals surface area contributed by atoms with E-state index in [2.05, 4.69) is 0 Å². The first-order valence-electron chi connectivity index (χ1n) is 7.23. The van der Waals surface area contributed by atoms with E-state index in [0.717, 1.165) is 18.6 Å². The molecule has 3 atom stereocenters.